The Morgan fingerprint density at radius 3 is 2.24 bits per heavy atom. The molecule has 1 aliphatic heterocycles. The maximum Gasteiger partial charge on any atom is 0.251 e. The number of nitrogens with one attached hydrogen (secondary N) is 3. The van der Waals surface area contributed by atoms with Crippen LogP contribution in [-0.4, -0.2) is 90.3 Å². The van der Waals surface area contributed by atoms with Gasteiger partial charge in [0.15, 0.2) is 0 Å². The van der Waals surface area contributed by atoms with Crippen molar-refractivity contribution in [3.63, 3.8) is 0 Å². The van der Waals surface area contributed by atoms with Gasteiger partial charge in [0.25, 0.3) is 5.91 Å². The predicted octanol–water partition coefficient (Wildman–Crippen LogP) is 7.85. The van der Waals surface area contributed by atoms with Crippen LogP contribution in [0.25, 0.3) is 10.4 Å². The molecule has 6 rings (SSSR count). The second-order valence-electron chi connectivity index (χ2n) is 19.5. The standard InChI is InChI=1S/C51H62ClN5O8S/c1-31-21-24-66-42(31)33-13-11-32(12-14-33)28-54-45(61)40-25-36(58)29-57(40)46(62)43(49(2,3)4)55-41(59)30-63-22-9-10-23-64-37-18-15-34(16-19-37)44(60)56-47-50(5,6)48(51(47,7)8)65-38-20-17-35(27-53)39(52)26-38/h11-21,24,26,36,40,43,47-48,58H,9-10,22-23,25,28-30H2,1-8H3,(H,54,61)(H,55,59)(H,56,60)/t36-,40+,43-,47-,48-/m1/s1. The number of benzene rings is 3. The van der Waals surface area contributed by atoms with Crippen LogP contribution >= 0.6 is 22.9 Å². The fourth-order valence-corrected chi connectivity index (χ4v) is 10.4. The van der Waals surface area contributed by atoms with Crippen molar-refractivity contribution >= 4 is 46.6 Å². The van der Waals surface area contributed by atoms with E-state index in [1.165, 1.54) is 15.3 Å². The minimum atomic E-state index is -0.960. The number of hydrogen-bond donors (Lipinski definition) is 4. The van der Waals surface area contributed by atoms with E-state index in [9.17, 15) is 29.5 Å². The predicted molar refractivity (Wildman–Crippen MR) is 255 cm³/mol. The first-order chi connectivity index (χ1) is 31.2. The summed E-state index contributed by atoms with van der Waals surface area (Å²) in [5.41, 5.74) is 2.62. The lowest BCUT2D eigenvalue weighted by atomic mass is 9.49. The van der Waals surface area contributed by atoms with Gasteiger partial charge in [-0.2, -0.15) is 5.26 Å². The highest BCUT2D eigenvalue weighted by Crippen LogP contribution is 2.55. The number of nitriles is 1. The van der Waals surface area contributed by atoms with E-state index in [0.717, 1.165) is 11.1 Å². The first-order valence-corrected chi connectivity index (χ1v) is 23.6. The summed E-state index contributed by atoms with van der Waals surface area (Å²) in [5.74, 6) is -0.282. The second-order valence-corrected chi connectivity index (χ2v) is 20.9. The highest BCUT2D eigenvalue weighted by atomic mass is 35.5. The van der Waals surface area contributed by atoms with Gasteiger partial charge in [-0.05, 0) is 89.7 Å². The van der Waals surface area contributed by atoms with Crippen LogP contribution in [-0.2, 0) is 25.7 Å². The second kappa shape index (κ2) is 21.0. The minimum Gasteiger partial charge on any atom is -0.494 e. The van der Waals surface area contributed by atoms with Gasteiger partial charge < -0.3 is 40.2 Å². The van der Waals surface area contributed by atoms with Crippen LogP contribution in [0.5, 0.6) is 11.5 Å². The number of aryl methyl sites for hydroxylation is 1. The summed E-state index contributed by atoms with van der Waals surface area (Å²) < 4.78 is 17.9. The van der Waals surface area contributed by atoms with Gasteiger partial charge in [0.05, 0.1) is 23.3 Å². The van der Waals surface area contributed by atoms with E-state index >= 15 is 0 Å². The lowest BCUT2D eigenvalue weighted by Crippen LogP contribution is -2.74. The van der Waals surface area contributed by atoms with Crippen LogP contribution in [0, 0.1) is 34.5 Å². The summed E-state index contributed by atoms with van der Waals surface area (Å²) >= 11 is 7.91. The monoisotopic (exact) mass is 939 g/mol. The number of hydrogen-bond acceptors (Lipinski definition) is 10. The van der Waals surface area contributed by atoms with Crippen LogP contribution in [0.3, 0.4) is 0 Å². The number of unbranched alkanes of at least 4 members (excludes halogenated alkanes) is 1. The Bertz CT molecular complexity index is 2390. The molecule has 352 valence electrons. The Balaban J connectivity index is 0.896. The number of likely N-dealkylation sites (tertiary alicyclic amines) is 1. The Kier molecular flexibility index (Phi) is 15.9. The molecule has 1 saturated carbocycles. The molecule has 4 amide bonds. The SMILES string of the molecule is Cc1ccsc1-c1ccc(CNC(=O)[C@@H]2C[C@@H](O)CN2C(=O)[C@@H](NC(=O)COCCCCOc2ccc(C(=O)N[C@H]3C(C)(C)[C@H](Oc4ccc(C#N)c(Cl)c4)C3(C)C)cc2)C(C)(C)C)cc1. The number of carbonyl (C=O) groups excluding carboxylic acids is 4. The van der Waals surface area contributed by atoms with Crippen LogP contribution in [0.4, 0.5) is 0 Å². The zero-order chi connectivity index (χ0) is 48.0. The van der Waals surface area contributed by atoms with Gasteiger partial charge in [-0.15, -0.1) is 11.3 Å². The third-order valence-corrected chi connectivity index (χ3v) is 13.9. The number of carbonyl (C=O) groups is 4. The Morgan fingerprint density at radius 1 is 0.955 bits per heavy atom. The van der Waals surface area contributed by atoms with Gasteiger partial charge in [0, 0.05) is 59.5 Å². The summed E-state index contributed by atoms with van der Waals surface area (Å²) in [6.45, 7) is 16.5. The topological polar surface area (TPSA) is 179 Å². The van der Waals surface area contributed by atoms with E-state index in [1.807, 2.05) is 45.0 Å². The molecular weight excluding hydrogens is 878 g/mol. The van der Waals surface area contributed by atoms with Crippen LogP contribution in [0.2, 0.25) is 5.02 Å². The molecule has 4 N–H and O–H groups in total. The molecule has 66 heavy (non-hydrogen) atoms. The van der Waals surface area contributed by atoms with Crippen molar-refractivity contribution in [2.45, 2.75) is 112 Å². The fourth-order valence-electron chi connectivity index (χ4n) is 9.25. The van der Waals surface area contributed by atoms with E-state index in [2.05, 4.69) is 68.1 Å². The lowest BCUT2D eigenvalue weighted by Gasteiger charge is -2.63. The zero-order valence-corrected chi connectivity index (χ0v) is 40.6. The molecule has 15 heteroatoms. The number of aliphatic hydroxyl groups is 1. The van der Waals surface area contributed by atoms with Crippen molar-refractivity contribution in [2.24, 2.45) is 16.2 Å². The number of aliphatic hydroxyl groups excluding tert-OH is 1. The van der Waals surface area contributed by atoms with Gasteiger partial charge in [-0.1, -0.05) is 84.3 Å². The largest absolute Gasteiger partial charge is 0.494 e. The summed E-state index contributed by atoms with van der Waals surface area (Å²) in [7, 11) is 0. The van der Waals surface area contributed by atoms with Crippen molar-refractivity contribution < 1.29 is 38.5 Å². The molecule has 4 aromatic rings. The van der Waals surface area contributed by atoms with Gasteiger partial charge in [-0.3, -0.25) is 19.2 Å². The molecule has 3 atom stereocenters. The van der Waals surface area contributed by atoms with E-state index in [1.54, 1.807) is 53.8 Å². The number of thiophene rings is 1. The van der Waals surface area contributed by atoms with E-state index < -0.39 is 46.2 Å². The van der Waals surface area contributed by atoms with E-state index in [4.69, 9.17) is 25.8 Å². The highest BCUT2D eigenvalue weighted by molar-refractivity contribution is 7.13. The van der Waals surface area contributed by atoms with Crippen molar-refractivity contribution in [2.75, 3.05) is 26.4 Å². The molecule has 2 fully saturated rings. The van der Waals surface area contributed by atoms with Crippen molar-refractivity contribution in [3.8, 4) is 28.0 Å². The third-order valence-electron chi connectivity index (χ3n) is 12.6. The van der Waals surface area contributed by atoms with Gasteiger partial charge in [0.2, 0.25) is 17.7 Å². The maximum absolute atomic E-state index is 14.0. The first kappa shape index (κ1) is 50.0. The number of halogens is 1. The average Bonchev–Trinajstić information content (AvgIpc) is 3.89. The molecule has 3 aromatic carbocycles. The Hall–Kier alpha value is -5.46. The number of rotatable bonds is 18. The van der Waals surface area contributed by atoms with E-state index in [0.29, 0.717) is 53.7 Å². The smallest absolute Gasteiger partial charge is 0.251 e. The normalized spacial score (nSPS) is 20.0. The summed E-state index contributed by atoms with van der Waals surface area (Å²) in [5, 5.41) is 31.1. The van der Waals surface area contributed by atoms with Gasteiger partial charge in [0.1, 0.15) is 42.4 Å². The van der Waals surface area contributed by atoms with E-state index in [-0.39, 0.29) is 50.1 Å². The molecule has 0 spiro atoms. The van der Waals surface area contributed by atoms with Crippen LogP contribution in [0.15, 0.2) is 78.2 Å². The molecule has 2 aliphatic rings. The van der Waals surface area contributed by atoms with Crippen molar-refractivity contribution in [1.82, 2.24) is 20.9 Å². The molecule has 0 bridgehead atoms. The number of β-amino-alcohol motifs (C(OH)–C–C–N with tert-alkyl or cyclic N) is 1. The molecule has 0 unspecified atom stereocenters. The molecule has 0 radical (unpaired) electrons. The highest BCUT2D eigenvalue weighted by Gasteiger charge is 2.64. The molecule has 1 saturated heterocycles. The number of nitrogens with zero attached hydrogens (tertiary/aromatic N) is 2. The Morgan fingerprint density at radius 2 is 1.62 bits per heavy atom. The molecule has 1 aliphatic carbocycles. The van der Waals surface area contributed by atoms with Crippen molar-refractivity contribution in [1.29, 1.82) is 5.26 Å². The number of amides is 4. The summed E-state index contributed by atoms with van der Waals surface area (Å²) in [4.78, 5) is 56.4. The average molecular weight is 941 g/mol. The first-order valence-electron chi connectivity index (χ1n) is 22.4. The summed E-state index contributed by atoms with van der Waals surface area (Å²) in [6.07, 6.45) is 0.280. The van der Waals surface area contributed by atoms with Crippen molar-refractivity contribution in [3.05, 3.63) is 105 Å². The number of ether oxygens (including phenoxy) is 3. The fraction of sp³-hybridized carbons (Fsp3) is 0.471. The lowest BCUT2D eigenvalue weighted by molar-refractivity contribution is -0.164. The zero-order valence-electron chi connectivity index (χ0n) is 39.0. The molecular formula is C51H62ClN5O8S. The molecule has 2 heterocycles. The summed E-state index contributed by atoms with van der Waals surface area (Å²) in [6, 6.07) is 22.1. The maximum atomic E-state index is 14.0. The molecule has 13 nitrogen and oxygen atoms in total. The minimum absolute atomic E-state index is 0.0131. The quantitative estimate of drug-likeness (QED) is 0.0724. The van der Waals surface area contributed by atoms with Crippen LogP contribution < -0.4 is 25.4 Å². The van der Waals surface area contributed by atoms with Gasteiger partial charge >= 0.3 is 0 Å². The third kappa shape index (κ3) is 11.7. The van der Waals surface area contributed by atoms with Gasteiger partial charge in [-0.25, -0.2) is 0 Å². The van der Waals surface area contributed by atoms with Crippen LogP contribution in [0.1, 0.15) is 94.8 Å². The Labute approximate surface area is 397 Å². The molecule has 1 aromatic heterocycles.